The number of nitrogens with one attached hydrogen (secondary N) is 1. The number of benzene rings is 1. The summed E-state index contributed by atoms with van der Waals surface area (Å²) in [6.07, 6.45) is 2.33. The maximum atomic E-state index is 13.1. The second-order valence-electron chi connectivity index (χ2n) is 6.65. The lowest BCUT2D eigenvalue weighted by atomic mass is 10.2. The highest BCUT2D eigenvalue weighted by molar-refractivity contribution is 8.00. The SMILES string of the molecule is CCn1c(S[C@@H](C)C(=O)Nc2nc(-c3ccc(F)cc3)cs2)nnc1C1CC1. The molecule has 9 heteroatoms. The van der Waals surface area contributed by atoms with Gasteiger partial charge in [0.25, 0.3) is 0 Å². The topological polar surface area (TPSA) is 72.7 Å². The maximum Gasteiger partial charge on any atom is 0.239 e. The largest absolute Gasteiger partial charge is 0.306 e. The molecule has 146 valence electrons. The van der Waals surface area contributed by atoms with Crippen molar-refractivity contribution < 1.29 is 9.18 Å². The van der Waals surface area contributed by atoms with Crippen molar-refractivity contribution in [2.75, 3.05) is 5.32 Å². The lowest BCUT2D eigenvalue weighted by Crippen LogP contribution is -2.23. The summed E-state index contributed by atoms with van der Waals surface area (Å²) in [7, 11) is 0. The van der Waals surface area contributed by atoms with E-state index in [1.54, 1.807) is 12.1 Å². The van der Waals surface area contributed by atoms with Gasteiger partial charge in [0, 0.05) is 23.4 Å². The predicted molar refractivity (Wildman–Crippen MR) is 109 cm³/mol. The average Bonchev–Trinajstić information content (AvgIpc) is 3.30. The zero-order chi connectivity index (χ0) is 19.7. The number of hydrogen-bond acceptors (Lipinski definition) is 6. The zero-order valence-corrected chi connectivity index (χ0v) is 17.2. The summed E-state index contributed by atoms with van der Waals surface area (Å²) in [6, 6.07) is 6.13. The molecule has 0 aliphatic heterocycles. The summed E-state index contributed by atoms with van der Waals surface area (Å²) < 4.78 is 15.2. The molecule has 1 saturated carbocycles. The molecule has 4 rings (SSSR count). The van der Waals surface area contributed by atoms with Crippen LogP contribution >= 0.6 is 23.1 Å². The first kappa shape index (κ1) is 19.1. The molecule has 2 aromatic heterocycles. The van der Waals surface area contributed by atoms with Crippen LogP contribution in [0.3, 0.4) is 0 Å². The van der Waals surface area contributed by atoms with Gasteiger partial charge < -0.3 is 9.88 Å². The van der Waals surface area contributed by atoms with E-state index in [0.29, 0.717) is 16.7 Å². The van der Waals surface area contributed by atoms with Gasteiger partial charge in [0.15, 0.2) is 10.3 Å². The number of amides is 1. The molecule has 1 fully saturated rings. The maximum absolute atomic E-state index is 13.1. The zero-order valence-electron chi connectivity index (χ0n) is 15.6. The van der Waals surface area contributed by atoms with Crippen molar-refractivity contribution in [1.82, 2.24) is 19.7 Å². The van der Waals surface area contributed by atoms with Crippen molar-refractivity contribution in [3.05, 3.63) is 41.3 Å². The smallest absolute Gasteiger partial charge is 0.239 e. The highest BCUT2D eigenvalue weighted by Gasteiger charge is 2.30. The van der Waals surface area contributed by atoms with E-state index < -0.39 is 0 Å². The van der Waals surface area contributed by atoms with Crippen molar-refractivity contribution in [2.24, 2.45) is 0 Å². The molecule has 1 aliphatic rings. The van der Waals surface area contributed by atoms with Crippen LogP contribution in [0.25, 0.3) is 11.3 Å². The van der Waals surface area contributed by atoms with Crippen molar-refractivity contribution in [3.8, 4) is 11.3 Å². The number of hydrogen-bond donors (Lipinski definition) is 1. The first-order valence-electron chi connectivity index (χ1n) is 9.17. The minimum atomic E-state index is -0.334. The van der Waals surface area contributed by atoms with Gasteiger partial charge in [-0.25, -0.2) is 9.37 Å². The molecule has 0 bridgehead atoms. The van der Waals surface area contributed by atoms with Crippen molar-refractivity contribution >= 4 is 34.1 Å². The third-order valence-electron chi connectivity index (χ3n) is 4.53. The number of aromatic nitrogens is 4. The van der Waals surface area contributed by atoms with Gasteiger partial charge in [-0.3, -0.25) is 4.79 Å². The molecule has 0 radical (unpaired) electrons. The first-order valence-corrected chi connectivity index (χ1v) is 10.9. The van der Waals surface area contributed by atoms with Gasteiger partial charge in [0.05, 0.1) is 10.9 Å². The Morgan fingerprint density at radius 1 is 1.36 bits per heavy atom. The molecule has 1 atom stereocenters. The highest BCUT2D eigenvalue weighted by atomic mass is 32.2. The second kappa shape index (κ2) is 8.00. The minimum absolute atomic E-state index is 0.136. The number of carbonyl (C=O) groups excluding carboxylic acids is 1. The molecule has 28 heavy (non-hydrogen) atoms. The van der Waals surface area contributed by atoms with Crippen LogP contribution in [0.5, 0.6) is 0 Å². The van der Waals surface area contributed by atoms with Crippen molar-refractivity contribution in [1.29, 1.82) is 0 Å². The van der Waals surface area contributed by atoms with Crippen LogP contribution in [0.4, 0.5) is 9.52 Å². The molecular formula is C19H20FN5OS2. The first-order chi connectivity index (χ1) is 13.5. The molecule has 0 spiro atoms. The van der Waals surface area contributed by atoms with E-state index in [-0.39, 0.29) is 17.0 Å². The molecule has 2 heterocycles. The Kier molecular flexibility index (Phi) is 5.45. The fourth-order valence-electron chi connectivity index (χ4n) is 2.83. The molecule has 0 saturated heterocycles. The van der Waals surface area contributed by atoms with Gasteiger partial charge in [-0.1, -0.05) is 11.8 Å². The van der Waals surface area contributed by atoms with Crippen molar-refractivity contribution in [2.45, 2.75) is 49.6 Å². The molecule has 6 nitrogen and oxygen atoms in total. The lowest BCUT2D eigenvalue weighted by Gasteiger charge is -2.11. The summed E-state index contributed by atoms with van der Waals surface area (Å²) in [5.74, 6) is 1.12. The Bertz CT molecular complexity index is 981. The Morgan fingerprint density at radius 2 is 2.11 bits per heavy atom. The summed E-state index contributed by atoms with van der Waals surface area (Å²) in [4.78, 5) is 17.0. The Balaban J connectivity index is 1.40. The van der Waals surface area contributed by atoms with Crippen LogP contribution < -0.4 is 5.32 Å². The number of thiazole rings is 1. The van der Waals surface area contributed by atoms with E-state index >= 15 is 0 Å². The molecule has 1 amide bonds. The van der Waals surface area contributed by atoms with E-state index in [4.69, 9.17) is 0 Å². The number of carbonyl (C=O) groups is 1. The number of nitrogens with zero attached hydrogens (tertiary/aromatic N) is 4. The Labute approximate surface area is 170 Å². The number of thioether (sulfide) groups is 1. The predicted octanol–water partition coefficient (Wildman–Crippen LogP) is 4.56. The normalized spacial score (nSPS) is 14.8. The summed E-state index contributed by atoms with van der Waals surface area (Å²) in [6.45, 7) is 4.71. The third-order valence-corrected chi connectivity index (χ3v) is 6.37. The van der Waals surface area contributed by atoms with Gasteiger partial charge in [0.2, 0.25) is 5.91 Å². The van der Waals surface area contributed by atoms with Crippen LogP contribution in [0, 0.1) is 5.82 Å². The van der Waals surface area contributed by atoms with Gasteiger partial charge >= 0.3 is 0 Å². The standard InChI is InChI=1S/C19H20FN5OS2/c1-3-25-16(13-4-5-13)23-24-19(25)28-11(2)17(26)22-18-21-15(10-27-18)12-6-8-14(20)9-7-12/h6-11,13H,3-5H2,1-2H3,(H,21,22,26)/t11-/m0/s1. The lowest BCUT2D eigenvalue weighted by molar-refractivity contribution is -0.115. The number of rotatable bonds is 7. The monoisotopic (exact) mass is 417 g/mol. The fourth-order valence-corrected chi connectivity index (χ4v) is 4.47. The fraction of sp³-hybridized carbons (Fsp3) is 0.368. The molecule has 1 aliphatic carbocycles. The quantitative estimate of drug-likeness (QED) is 0.571. The second-order valence-corrected chi connectivity index (χ2v) is 8.82. The van der Waals surface area contributed by atoms with Crippen LogP contribution in [-0.4, -0.2) is 30.9 Å². The molecular weight excluding hydrogens is 397 g/mol. The van der Waals surface area contributed by atoms with Crippen LogP contribution in [0.1, 0.15) is 38.4 Å². The van der Waals surface area contributed by atoms with E-state index in [1.807, 2.05) is 12.3 Å². The molecule has 3 aromatic rings. The van der Waals surface area contributed by atoms with Crippen LogP contribution in [0.15, 0.2) is 34.8 Å². The minimum Gasteiger partial charge on any atom is -0.306 e. The van der Waals surface area contributed by atoms with Crippen LogP contribution in [0.2, 0.25) is 0 Å². The molecule has 0 unspecified atom stereocenters. The van der Waals surface area contributed by atoms with E-state index in [0.717, 1.165) is 23.1 Å². The third kappa shape index (κ3) is 4.10. The molecule has 1 aromatic carbocycles. The molecule has 1 N–H and O–H groups in total. The summed E-state index contributed by atoms with van der Waals surface area (Å²) >= 11 is 2.75. The van der Waals surface area contributed by atoms with E-state index in [9.17, 15) is 9.18 Å². The van der Waals surface area contributed by atoms with Gasteiger partial charge in [-0.2, -0.15) is 0 Å². The summed E-state index contributed by atoms with van der Waals surface area (Å²) in [5.41, 5.74) is 1.52. The summed E-state index contributed by atoms with van der Waals surface area (Å²) in [5, 5.41) is 14.3. The van der Waals surface area contributed by atoms with Crippen LogP contribution in [-0.2, 0) is 11.3 Å². The number of halogens is 1. The van der Waals surface area contributed by atoms with Crippen molar-refractivity contribution in [3.63, 3.8) is 0 Å². The van der Waals surface area contributed by atoms with E-state index in [2.05, 4.69) is 32.0 Å². The van der Waals surface area contributed by atoms with Gasteiger partial charge in [0.1, 0.15) is 11.6 Å². The average molecular weight is 418 g/mol. The number of anilines is 1. The van der Waals surface area contributed by atoms with E-state index in [1.165, 1.54) is 48.1 Å². The highest BCUT2D eigenvalue weighted by Crippen LogP contribution is 2.40. The Morgan fingerprint density at radius 3 is 2.79 bits per heavy atom. The van der Waals surface area contributed by atoms with Gasteiger partial charge in [-0.05, 0) is 51.0 Å². The Hall–Kier alpha value is -2.26. The van der Waals surface area contributed by atoms with Gasteiger partial charge in [-0.15, -0.1) is 21.5 Å².